The Morgan fingerprint density at radius 1 is 1.14 bits per heavy atom. The topological polar surface area (TPSA) is 32.3 Å². The fourth-order valence-electron chi connectivity index (χ4n) is 2.18. The molecule has 0 aliphatic heterocycles. The van der Waals surface area contributed by atoms with Crippen LogP contribution < -0.4 is 10.2 Å². The summed E-state index contributed by atoms with van der Waals surface area (Å²) in [6, 6.07) is 9.37. The van der Waals surface area contributed by atoms with Gasteiger partial charge in [0, 0.05) is 25.3 Å². The highest BCUT2D eigenvalue weighted by Crippen LogP contribution is 2.24. The number of rotatable bonds is 3. The van der Waals surface area contributed by atoms with Gasteiger partial charge in [0.25, 0.3) is 5.91 Å². The van der Waals surface area contributed by atoms with E-state index in [1.54, 1.807) is 19.2 Å². The summed E-state index contributed by atoms with van der Waals surface area (Å²) in [7, 11) is 2.99. The number of nitrogens with one attached hydrogen (secondary N) is 1. The second-order valence-corrected chi connectivity index (χ2v) is 4.72. The van der Waals surface area contributed by atoms with E-state index in [0.29, 0.717) is 5.69 Å². The molecular weight excluding hydrogens is 274 g/mol. The monoisotopic (exact) mass is 290 g/mol. The quantitative estimate of drug-likeness (QED) is 0.937. The van der Waals surface area contributed by atoms with Crippen LogP contribution in [0, 0.1) is 18.6 Å². The minimum atomic E-state index is -0.793. The van der Waals surface area contributed by atoms with Crippen LogP contribution in [0.4, 0.5) is 20.2 Å². The average Bonchev–Trinajstić information content (AvgIpc) is 2.46. The Balaban J connectivity index is 2.39. The summed E-state index contributed by atoms with van der Waals surface area (Å²) < 4.78 is 27.5. The van der Waals surface area contributed by atoms with Crippen molar-refractivity contribution >= 4 is 17.3 Å². The van der Waals surface area contributed by atoms with E-state index in [1.165, 1.54) is 11.9 Å². The van der Waals surface area contributed by atoms with Gasteiger partial charge < -0.3 is 10.2 Å². The molecule has 0 radical (unpaired) electrons. The van der Waals surface area contributed by atoms with Gasteiger partial charge in [0.1, 0.15) is 17.3 Å². The summed E-state index contributed by atoms with van der Waals surface area (Å²) in [5.41, 5.74) is 1.32. The number of carbonyl (C=O) groups is 1. The number of nitrogens with zero attached hydrogens (tertiary/aromatic N) is 1. The highest BCUT2D eigenvalue weighted by molar-refractivity contribution is 6.06. The lowest BCUT2D eigenvalue weighted by molar-refractivity contribution is 0.0992. The Labute approximate surface area is 122 Å². The zero-order valence-electron chi connectivity index (χ0n) is 12.1. The van der Waals surface area contributed by atoms with Gasteiger partial charge in [0.15, 0.2) is 0 Å². The van der Waals surface area contributed by atoms with E-state index in [-0.39, 0.29) is 11.3 Å². The van der Waals surface area contributed by atoms with Crippen molar-refractivity contribution in [1.82, 2.24) is 0 Å². The third kappa shape index (κ3) is 2.86. The van der Waals surface area contributed by atoms with Gasteiger partial charge in [-0.2, -0.15) is 0 Å². The first kappa shape index (κ1) is 15.0. The first-order valence-electron chi connectivity index (χ1n) is 6.46. The van der Waals surface area contributed by atoms with Crippen LogP contribution in [0.5, 0.6) is 0 Å². The van der Waals surface area contributed by atoms with E-state index in [9.17, 15) is 13.6 Å². The number of benzene rings is 2. The average molecular weight is 290 g/mol. The van der Waals surface area contributed by atoms with Crippen LogP contribution in [0.3, 0.4) is 0 Å². The third-order valence-corrected chi connectivity index (χ3v) is 3.32. The Morgan fingerprint density at radius 3 is 2.24 bits per heavy atom. The molecule has 2 aromatic rings. The van der Waals surface area contributed by atoms with Gasteiger partial charge in [-0.05, 0) is 30.7 Å². The van der Waals surface area contributed by atoms with Crippen molar-refractivity contribution in [3.05, 3.63) is 59.2 Å². The Hall–Kier alpha value is -2.43. The summed E-state index contributed by atoms with van der Waals surface area (Å²) in [5, 5.41) is 2.42. The van der Waals surface area contributed by atoms with Gasteiger partial charge >= 0.3 is 0 Å². The Bertz CT molecular complexity index is 663. The number of para-hydroxylation sites is 1. The molecule has 3 nitrogen and oxygen atoms in total. The highest BCUT2D eigenvalue weighted by Gasteiger charge is 2.19. The van der Waals surface area contributed by atoms with Gasteiger partial charge in [-0.1, -0.05) is 18.2 Å². The van der Waals surface area contributed by atoms with Gasteiger partial charge in [0.05, 0.1) is 0 Å². The van der Waals surface area contributed by atoms with Crippen LogP contribution in [-0.4, -0.2) is 20.0 Å². The van der Waals surface area contributed by atoms with Crippen molar-refractivity contribution < 1.29 is 13.6 Å². The number of amides is 1. The fourth-order valence-corrected chi connectivity index (χ4v) is 2.18. The summed E-state index contributed by atoms with van der Waals surface area (Å²) in [4.78, 5) is 13.8. The molecule has 0 atom stereocenters. The number of hydrogen-bond donors (Lipinski definition) is 1. The lowest BCUT2D eigenvalue weighted by Gasteiger charge is -2.20. The molecule has 2 aromatic carbocycles. The maximum absolute atomic E-state index is 13.7. The molecule has 0 aromatic heterocycles. The molecule has 0 unspecified atom stereocenters. The summed E-state index contributed by atoms with van der Waals surface area (Å²) in [6.07, 6.45) is 0. The van der Waals surface area contributed by atoms with E-state index < -0.39 is 17.5 Å². The number of anilines is 2. The number of hydrogen-bond acceptors (Lipinski definition) is 2. The Kier molecular flexibility index (Phi) is 4.21. The first-order valence-corrected chi connectivity index (χ1v) is 6.46. The van der Waals surface area contributed by atoms with Crippen molar-refractivity contribution in [2.75, 3.05) is 24.3 Å². The molecule has 0 fully saturated rings. The standard InChI is InChI=1S/C16H16F2N2O/c1-10-6-4-5-7-14(10)20(3)16(21)11-8-12(17)15(19-2)13(18)9-11/h4-9,19H,1-3H3. The zero-order chi connectivity index (χ0) is 15.6. The largest absolute Gasteiger partial charge is 0.383 e. The second kappa shape index (κ2) is 5.91. The van der Waals surface area contributed by atoms with Crippen LogP contribution in [0.1, 0.15) is 15.9 Å². The maximum atomic E-state index is 13.7. The molecule has 5 heteroatoms. The van der Waals surface area contributed by atoms with Crippen molar-refractivity contribution in [3.63, 3.8) is 0 Å². The summed E-state index contributed by atoms with van der Waals surface area (Å²) in [6.45, 7) is 1.87. The molecule has 0 spiro atoms. The third-order valence-electron chi connectivity index (χ3n) is 3.32. The summed E-state index contributed by atoms with van der Waals surface area (Å²) >= 11 is 0. The van der Waals surface area contributed by atoms with Crippen molar-refractivity contribution in [2.45, 2.75) is 6.92 Å². The van der Waals surface area contributed by atoms with Gasteiger partial charge in [-0.3, -0.25) is 4.79 Å². The first-order chi connectivity index (χ1) is 9.95. The van der Waals surface area contributed by atoms with Crippen LogP contribution in [0.15, 0.2) is 36.4 Å². The fraction of sp³-hybridized carbons (Fsp3) is 0.188. The number of aryl methyl sites for hydroxylation is 1. The molecule has 0 aliphatic rings. The molecule has 110 valence electrons. The van der Waals surface area contributed by atoms with E-state index in [0.717, 1.165) is 17.7 Å². The van der Waals surface area contributed by atoms with Crippen LogP contribution in [0.2, 0.25) is 0 Å². The van der Waals surface area contributed by atoms with Crippen LogP contribution in [0.25, 0.3) is 0 Å². The smallest absolute Gasteiger partial charge is 0.258 e. The molecular formula is C16H16F2N2O. The number of carbonyl (C=O) groups excluding carboxylic acids is 1. The molecule has 0 aliphatic carbocycles. The molecule has 1 N–H and O–H groups in total. The minimum Gasteiger partial charge on any atom is -0.383 e. The molecule has 0 saturated carbocycles. The lowest BCUT2D eigenvalue weighted by Crippen LogP contribution is -2.27. The lowest BCUT2D eigenvalue weighted by atomic mass is 10.1. The van der Waals surface area contributed by atoms with Gasteiger partial charge in [-0.25, -0.2) is 8.78 Å². The Morgan fingerprint density at radius 2 is 1.71 bits per heavy atom. The van der Waals surface area contributed by atoms with E-state index >= 15 is 0 Å². The summed E-state index contributed by atoms with van der Waals surface area (Å²) in [5.74, 6) is -2.05. The number of halogens is 2. The molecule has 21 heavy (non-hydrogen) atoms. The van der Waals surface area contributed by atoms with Crippen molar-refractivity contribution in [3.8, 4) is 0 Å². The van der Waals surface area contributed by atoms with E-state index in [2.05, 4.69) is 5.32 Å². The van der Waals surface area contributed by atoms with Crippen LogP contribution in [-0.2, 0) is 0 Å². The molecule has 0 bridgehead atoms. The minimum absolute atomic E-state index is 0.0326. The second-order valence-electron chi connectivity index (χ2n) is 4.72. The normalized spacial score (nSPS) is 10.3. The van der Waals surface area contributed by atoms with Crippen molar-refractivity contribution in [2.24, 2.45) is 0 Å². The van der Waals surface area contributed by atoms with Gasteiger partial charge in [-0.15, -0.1) is 0 Å². The SMILES string of the molecule is CNc1c(F)cc(C(=O)N(C)c2ccccc2C)cc1F. The zero-order valence-corrected chi connectivity index (χ0v) is 12.1. The predicted octanol–water partition coefficient (Wildman–Crippen LogP) is 3.59. The maximum Gasteiger partial charge on any atom is 0.258 e. The molecule has 1 amide bonds. The van der Waals surface area contributed by atoms with Gasteiger partial charge in [0.2, 0.25) is 0 Å². The predicted molar refractivity (Wildman–Crippen MR) is 79.8 cm³/mol. The molecule has 0 saturated heterocycles. The van der Waals surface area contributed by atoms with E-state index in [4.69, 9.17) is 0 Å². The van der Waals surface area contributed by atoms with Crippen LogP contribution >= 0.6 is 0 Å². The van der Waals surface area contributed by atoms with Crippen molar-refractivity contribution in [1.29, 1.82) is 0 Å². The highest BCUT2D eigenvalue weighted by atomic mass is 19.1. The molecule has 0 heterocycles. The molecule has 2 rings (SSSR count). The van der Waals surface area contributed by atoms with E-state index in [1.807, 2.05) is 19.1 Å².